The molecule has 0 unspecified atom stereocenters. The molecular formula is C19H13F2N5O2. The number of nitrogens with zero attached hydrogens (tertiary/aromatic N) is 4. The second-order valence-corrected chi connectivity index (χ2v) is 6.03. The predicted octanol–water partition coefficient (Wildman–Crippen LogP) is 3.10. The third kappa shape index (κ3) is 2.92. The molecule has 0 atom stereocenters. The minimum Gasteiger partial charge on any atom is -0.477 e. The molecular weight excluding hydrogens is 368 g/mol. The van der Waals surface area contributed by atoms with Gasteiger partial charge >= 0.3 is 5.97 Å². The number of aromatic nitrogens is 4. The van der Waals surface area contributed by atoms with Crippen LogP contribution in [0.25, 0.3) is 22.4 Å². The first-order chi connectivity index (χ1) is 13.5. The Labute approximate surface area is 157 Å². The first kappa shape index (κ1) is 17.5. The molecule has 0 bridgehead atoms. The van der Waals surface area contributed by atoms with Crippen molar-refractivity contribution in [3.8, 4) is 11.5 Å². The van der Waals surface area contributed by atoms with Gasteiger partial charge in [0, 0.05) is 17.1 Å². The van der Waals surface area contributed by atoms with Gasteiger partial charge in [-0.2, -0.15) is 5.10 Å². The number of hydrogen-bond acceptors (Lipinski definition) is 5. The van der Waals surface area contributed by atoms with Gasteiger partial charge in [-0.15, -0.1) is 0 Å². The van der Waals surface area contributed by atoms with E-state index in [1.165, 1.54) is 22.9 Å². The average molecular weight is 381 g/mol. The molecule has 3 N–H and O–H groups in total. The molecule has 0 spiro atoms. The lowest BCUT2D eigenvalue weighted by Crippen LogP contribution is -2.07. The van der Waals surface area contributed by atoms with E-state index in [4.69, 9.17) is 10.8 Å². The van der Waals surface area contributed by atoms with Gasteiger partial charge < -0.3 is 10.8 Å². The van der Waals surface area contributed by atoms with Crippen LogP contribution in [0.4, 0.5) is 14.6 Å². The number of carboxylic acids is 1. The second-order valence-electron chi connectivity index (χ2n) is 6.03. The summed E-state index contributed by atoms with van der Waals surface area (Å²) < 4.78 is 29.9. The highest BCUT2D eigenvalue weighted by Crippen LogP contribution is 2.29. The molecule has 0 radical (unpaired) electrons. The van der Waals surface area contributed by atoms with E-state index in [1.807, 2.05) is 0 Å². The van der Waals surface area contributed by atoms with Crippen molar-refractivity contribution in [3.05, 3.63) is 71.4 Å². The van der Waals surface area contributed by atoms with E-state index in [0.29, 0.717) is 10.9 Å². The van der Waals surface area contributed by atoms with E-state index in [9.17, 15) is 13.6 Å². The minimum atomic E-state index is -1.26. The molecule has 0 aliphatic rings. The van der Waals surface area contributed by atoms with Crippen molar-refractivity contribution in [1.29, 1.82) is 0 Å². The van der Waals surface area contributed by atoms with Crippen molar-refractivity contribution < 1.29 is 18.7 Å². The van der Waals surface area contributed by atoms with Crippen molar-refractivity contribution in [1.82, 2.24) is 19.7 Å². The zero-order valence-corrected chi connectivity index (χ0v) is 14.3. The summed E-state index contributed by atoms with van der Waals surface area (Å²) in [6, 6.07) is 10.5. The highest BCUT2D eigenvalue weighted by molar-refractivity contribution is 5.94. The summed E-state index contributed by atoms with van der Waals surface area (Å²) in [7, 11) is 0. The van der Waals surface area contributed by atoms with Gasteiger partial charge in [-0.1, -0.05) is 30.3 Å². The number of benzene rings is 2. The van der Waals surface area contributed by atoms with Crippen LogP contribution >= 0.6 is 0 Å². The zero-order valence-electron chi connectivity index (χ0n) is 14.3. The smallest absolute Gasteiger partial charge is 0.341 e. The number of nitrogens with two attached hydrogens (primary N) is 1. The van der Waals surface area contributed by atoms with Crippen LogP contribution in [0.3, 0.4) is 0 Å². The molecule has 2 heterocycles. The van der Waals surface area contributed by atoms with E-state index in [-0.39, 0.29) is 35.0 Å². The van der Waals surface area contributed by atoms with Gasteiger partial charge in [0.1, 0.15) is 34.2 Å². The maximum absolute atomic E-state index is 14.5. The summed E-state index contributed by atoms with van der Waals surface area (Å²) in [5.74, 6) is -2.42. The standard InChI is InChI=1S/C19H13F2N5O2/c20-13-6-2-1-4-10(13)9-26-16-11(5-3-7-14(16)21)15(25-26)18-23-8-12(19(27)28)17(22)24-18/h1-8H,9H2,(H,27,28)(H2,22,23,24). The molecule has 2 aromatic heterocycles. The Morgan fingerprint density at radius 3 is 2.57 bits per heavy atom. The highest BCUT2D eigenvalue weighted by Gasteiger charge is 2.20. The average Bonchev–Trinajstić information content (AvgIpc) is 3.03. The number of rotatable bonds is 4. The summed E-state index contributed by atoms with van der Waals surface area (Å²) in [6.45, 7) is -0.00714. The van der Waals surface area contributed by atoms with Gasteiger partial charge in [0.2, 0.25) is 0 Å². The fourth-order valence-electron chi connectivity index (χ4n) is 2.93. The van der Waals surface area contributed by atoms with Gasteiger partial charge in [0.15, 0.2) is 5.82 Å². The van der Waals surface area contributed by atoms with Crippen LogP contribution in [0, 0.1) is 11.6 Å². The second kappa shape index (κ2) is 6.69. The SMILES string of the molecule is Nc1nc(-c2nn(Cc3ccccc3F)c3c(F)cccc23)ncc1C(=O)O. The third-order valence-electron chi connectivity index (χ3n) is 4.26. The zero-order chi connectivity index (χ0) is 19.8. The Balaban J connectivity index is 1.89. The third-order valence-corrected chi connectivity index (χ3v) is 4.26. The molecule has 28 heavy (non-hydrogen) atoms. The topological polar surface area (TPSA) is 107 Å². The van der Waals surface area contributed by atoms with Crippen LogP contribution < -0.4 is 5.73 Å². The highest BCUT2D eigenvalue weighted by atomic mass is 19.1. The lowest BCUT2D eigenvalue weighted by Gasteiger charge is -2.05. The van der Waals surface area contributed by atoms with Crippen LogP contribution in [0.2, 0.25) is 0 Å². The molecule has 7 nitrogen and oxygen atoms in total. The van der Waals surface area contributed by atoms with Gasteiger partial charge in [-0.3, -0.25) is 4.68 Å². The lowest BCUT2D eigenvalue weighted by molar-refractivity contribution is 0.0697. The minimum absolute atomic E-state index is 0.00714. The molecule has 0 aliphatic heterocycles. The first-order valence-corrected chi connectivity index (χ1v) is 8.20. The van der Waals surface area contributed by atoms with Gasteiger partial charge in [-0.25, -0.2) is 23.5 Å². The van der Waals surface area contributed by atoms with Crippen molar-refractivity contribution in [2.45, 2.75) is 6.54 Å². The van der Waals surface area contributed by atoms with Crippen molar-refractivity contribution >= 4 is 22.7 Å². The van der Waals surface area contributed by atoms with E-state index in [2.05, 4.69) is 15.1 Å². The first-order valence-electron chi connectivity index (χ1n) is 8.20. The summed E-state index contributed by atoms with van der Waals surface area (Å²) in [4.78, 5) is 19.1. The molecule has 140 valence electrons. The van der Waals surface area contributed by atoms with Crippen molar-refractivity contribution in [3.63, 3.8) is 0 Å². The van der Waals surface area contributed by atoms with Gasteiger partial charge in [0.05, 0.1) is 6.54 Å². The number of anilines is 1. The number of carbonyl (C=O) groups is 1. The summed E-state index contributed by atoms with van der Waals surface area (Å²) in [5, 5.41) is 13.8. The molecule has 0 amide bonds. The predicted molar refractivity (Wildman–Crippen MR) is 97.6 cm³/mol. The molecule has 9 heteroatoms. The Bertz CT molecular complexity index is 1220. The van der Waals surface area contributed by atoms with Crippen molar-refractivity contribution in [2.24, 2.45) is 0 Å². The molecule has 0 fully saturated rings. The van der Waals surface area contributed by atoms with Crippen LogP contribution in [0.1, 0.15) is 15.9 Å². The van der Waals surface area contributed by atoms with Crippen LogP contribution in [0.5, 0.6) is 0 Å². The fourth-order valence-corrected chi connectivity index (χ4v) is 2.93. The van der Waals surface area contributed by atoms with Crippen LogP contribution in [0.15, 0.2) is 48.7 Å². The summed E-state index contributed by atoms with van der Waals surface area (Å²) in [5.41, 5.74) is 6.16. The molecule has 0 saturated carbocycles. The van der Waals surface area contributed by atoms with Crippen LogP contribution in [-0.2, 0) is 6.54 Å². The number of nitrogen functional groups attached to an aromatic ring is 1. The number of aromatic carboxylic acids is 1. The molecule has 0 aliphatic carbocycles. The summed E-state index contributed by atoms with van der Waals surface area (Å²) >= 11 is 0. The number of hydrogen-bond donors (Lipinski definition) is 2. The Morgan fingerprint density at radius 1 is 1.11 bits per heavy atom. The number of para-hydroxylation sites is 1. The summed E-state index contributed by atoms with van der Waals surface area (Å²) in [6.07, 6.45) is 1.07. The van der Waals surface area contributed by atoms with E-state index in [0.717, 1.165) is 6.20 Å². The molecule has 2 aromatic carbocycles. The van der Waals surface area contributed by atoms with E-state index >= 15 is 0 Å². The van der Waals surface area contributed by atoms with Gasteiger partial charge in [0.25, 0.3) is 0 Å². The largest absolute Gasteiger partial charge is 0.477 e. The number of fused-ring (bicyclic) bond motifs is 1. The van der Waals surface area contributed by atoms with E-state index < -0.39 is 17.6 Å². The van der Waals surface area contributed by atoms with E-state index in [1.54, 1.807) is 24.3 Å². The lowest BCUT2D eigenvalue weighted by atomic mass is 10.1. The monoisotopic (exact) mass is 381 g/mol. The van der Waals surface area contributed by atoms with Crippen LogP contribution in [-0.4, -0.2) is 30.8 Å². The Kier molecular flexibility index (Phi) is 4.19. The van der Waals surface area contributed by atoms with Crippen molar-refractivity contribution in [2.75, 3.05) is 5.73 Å². The fraction of sp³-hybridized carbons (Fsp3) is 0.0526. The Hall–Kier alpha value is -3.88. The number of carboxylic acid groups (broad SMARTS) is 1. The maximum atomic E-state index is 14.5. The quantitative estimate of drug-likeness (QED) is 0.563. The molecule has 0 saturated heterocycles. The van der Waals surface area contributed by atoms with Gasteiger partial charge in [-0.05, 0) is 12.1 Å². The Morgan fingerprint density at radius 2 is 1.86 bits per heavy atom. The number of halogens is 2. The maximum Gasteiger partial charge on any atom is 0.341 e. The normalized spacial score (nSPS) is 11.1. The molecule has 4 aromatic rings. The molecule has 4 rings (SSSR count).